The summed E-state index contributed by atoms with van der Waals surface area (Å²) in [5.74, 6) is 0.410. The Kier molecular flexibility index (Phi) is 3.90. The van der Waals surface area contributed by atoms with E-state index in [2.05, 4.69) is 15.0 Å². The van der Waals surface area contributed by atoms with Crippen LogP contribution in [0.2, 0.25) is 0 Å². The van der Waals surface area contributed by atoms with Crippen LogP contribution in [0.25, 0.3) is 11.1 Å². The van der Waals surface area contributed by atoms with E-state index < -0.39 is 0 Å². The molecule has 1 amide bonds. The molecular formula is C16H18N4O. The van der Waals surface area contributed by atoms with Gasteiger partial charge in [0.05, 0.1) is 5.69 Å². The second kappa shape index (κ2) is 5.99. The molecule has 3 heterocycles. The minimum absolute atomic E-state index is 0.138. The van der Waals surface area contributed by atoms with Gasteiger partial charge >= 0.3 is 0 Å². The summed E-state index contributed by atoms with van der Waals surface area (Å²) in [7, 11) is 0. The molecule has 0 aromatic carbocycles. The fourth-order valence-electron chi connectivity index (χ4n) is 2.90. The topological polar surface area (TPSA) is 59.0 Å². The van der Waals surface area contributed by atoms with Crippen LogP contribution in [0.5, 0.6) is 0 Å². The van der Waals surface area contributed by atoms with E-state index in [-0.39, 0.29) is 11.8 Å². The van der Waals surface area contributed by atoms with Crippen molar-refractivity contribution < 1.29 is 4.79 Å². The number of carbonyl (C=O) groups is 1. The molecule has 0 spiro atoms. The largest absolute Gasteiger partial charge is 0.342 e. The van der Waals surface area contributed by atoms with Crippen molar-refractivity contribution in [2.75, 3.05) is 13.1 Å². The Balaban J connectivity index is 1.94. The van der Waals surface area contributed by atoms with E-state index in [1.165, 1.54) is 0 Å². The maximum Gasteiger partial charge on any atom is 0.219 e. The Labute approximate surface area is 124 Å². The molecule has 0 bridgehead atoms. The fraction of sp³-hybridized carbons (Fsp3) is 0.375. The third-order valence-electron chi connectivity index (χ3n) is 3.99. The molecule has 1 saturated heterocycles. The Morgan fingerprint density at radius 3 is 2.86 bits per heavy atom. The zero-order valence-corrected chi connectivity index (χ0v) is 12.1. The minimum Gasteiger partial charge on any atom is -0.342 e. The van der Waals surface area contributed by atoms with Crippen molar-refractivity contribution in [3.05, 3.63) is 42.7 Å². The number of aromatic nitrogens is 3. The van der Waals surface area contributed by atoms with Gasteiger partial charge in [-0.2, -0.15) is 0 Å². The van der Waals surface area contributed by atoms with Gasteiger partial charge in [-0.15, -0.1) is 0 Å². The first kappa shape index (κ1) is 13.7. The Morgan fingerprint density at radius 1 is 1.29 bits per heavy atom. The lowest BCUT2D eigenvalue weighted by molar-refractivity contribution is -0.130. The van der Waals surface area contributed by atoms with E-state index in [9.17, 15) is 4.79 Å². The zero-order valence-electron chi connectivity index (χ0n) is 12.1. The van der Waals surface area contributed by atoms with Gasteiger partial charge in [-0.1, -0.05) is 0 Å². The average Bonchev–Trinajstić information content (AvgIpc) is 2.56. The lowest BCUT2D eigenvalue weighted by Gasteiger charge is -2.32. The van der Waals surface area contributed by atoms with Gasteiger partial charge in [-0.3, -0.25) is 9.78 Å². The van der Waals surface area contributed by atoms with Crippen LogP contribution in [0.3, 0.4) is 0 Å². The van der Waals surface area contributed by atoms with Crippen LogP contribution in [0.1, 0.15) is 31.4 Å². The van der Waals surface area contributed by atoms with Gasteiger partial charge in [0.25, 0.3) is 0 Å². The number of amides is 1. The molecule has 21 heavy (non-hydrogen) atoms. The number of rotatable bonds is 2. The molecule has 5 nitrogen and oxygen atoms in total. The van der Waals surface area contributed by atoms with Gasteiger partial charge in [0.15, 0.2) is 0 Å². The standard InChI is InChI=1S/C16H18N4O/c1-12(21)20-8-2-3-14(10-20)16-15(9-18-11-19-16)13-4-6-17-7-5-13/h4-7,9,11,14H,2-3,8,10H2,1H3/t14-/m0/s1. The molecule has 1 aliphatic heterocycles. The highest BCUT2D eigenvalue weighted by atomic mass is 16.2. The first-order valence-corrected chi connectivity index (χ1v) is 7.21. The fourth-order valence-corrected chi connectivity index (χ4v) is 2.90. The van der Waals surface area contributed by atoms with Gasteiger partial charge in [0, 0.05) is 50.1 Å². The first-order chi connectivity index (χ1) is 10.3. The number of likely N-dealkylation sites (tertiary alicyclic amines) is 1. The summed E-state index contributed by atoms with van der Waals surface area (Å²) in [5.41, 5.74) is 3.14. The summed E-state index contributed by atoms with van der Waals surface area (Å²) >= 11 is 0. The lowest BCUT2D eigenvalue weighted by atomic mass is 9.90. The Bertz CT molecular complexity index is 629. The van der Waals surface area contributed by atoms with E-state index >= 15 is 0 Å². The van der Waals surface area contributed by atoms with Crippen molar-refractivity contribution in [2.24, 2.45) is 0 Å². The smallest absolute Gasteiger partial charge is 0.219 e. The number of pyridine rings is 1. The third kappa shape index (κ3) is 2.91. The summed E-state index contributed by atoms with van der Waals surface area (Å²) in [5, 5.41) is 0. The van der Waals surface area contributed by atoms with Crippen molar-refractivity contribution in [3.8, 4) is 11.1 Å². The van der Waals surface area contributed by atoms with Crippen LogP contribution in [-0.2, 0) is 4.79 Å². The summed E-state index contributed by atoms with van der Waals surface area (Å²) in [6, 6.07) is 3.93. The summed E-state index contributed by atoms with van der Waals surface area (Å²) in [6.07, 6.45) is 9.06. The van der Waals surface area contributed by atoms with E-state index in [4.69, 9.17) is 0 Å². The number of nitrogens with zero attached hydrogens (tertiary/aromatic N) is 4. The highest BCUT2D eigenvalue weighted by Crippen LogP contribution is 2.32. The first-order valence-electron chi connectivity index (χ1n) is 7.21. The number of hydrogen-bond donors (Lipinski definition) is 0. The molecule has 0 aliphatic carbocycles. The molecule has 5 heteroatoms. The molecule has 0 radical (unpaired) electrons. The van der Waals surface area contributed by atoms with E-state index in [1.54, 1.807) is 25.6 Å². The van der Waals surface area contributed by atoms with Gasteiger partial charge in [-0.05, 0) is 30.5 Å². The number of hydrogen-bond acceptors (Lipinski definition) is 4. The quantitative estimate of drug-likeness (QED) is 0.847. The molecule has 0 N–H and O–H groups in total. The SMILES string of the molecule is CC(=O)N1CCC[C@H](c2ncncc2-c2ccncc2)C1. The van der Waals surface area contributed by atoms with Crippen molar-refractivity contribution in [1.82, 2.24) is 19.9 Å². The number of carbonyl (C=O) groups excluding carboxylic acids is 1. The van der Waals surface area contributed by atoms with Crippen LogP contribution in [0.15, 0.2) is 37.1 Å². The van der Waals surface area contributed by atoms with Crippen LogP contribution in [-0.4, -0.2) is 38.8 Å². The zero-order chi connectivity index (χ0) is 14.7. The molecule has 3 rings (SSSR count). The van der Waals surface area contributed by atoms with Gasteiger partial charge < -0.3 is 4.90 Å². The summed E-state index contributed by atoms with van der Waals surface area (Å²) in [4.78, 5) is 26.2. The Morgan fingerprint density at radius 2 is 2.10 bits per heavy atom. The van der Waals surface area contributed by atoms with Crippen molar-refractivity contribution in [2.45, 2.75) is 25.7 Å². The molecule has 0 saturated carbocycles. The second-order valence-corrected chi connectivity index (χ2v) is 5.36. The highest BCUT2D eigenvalue weighted by molar-refractivity contribution is 5.73. The molecule has 0 unspecified atom stereocenters. The predicted molar refractivity (Wildman–Crippen MR) is 79.5 cm³/mol. The van der Waals surface area contributed by atoms with Gasteiger partial charge in [0.1, 0.15) is 6.33 Å². The minimum atomic E-state index is 0.138. The molecule has 2 aromatic rings. The Hall–Kier alpha value is -2.30. The second-order valence-electron chi connectivity index (χ2n) is 5.36. The monoisotopic (exact) mass is 282 g/mol. The molecule has 1 atom stereocenters. The predicted octanol–water partition coefficient (Wildman–Crippen LogP) is 2.26. The highest BCUT2D eigenvalue weighted by Gasteiger charge is 2.26. The molecule has 1 aliphatic rings. The van der Waals surface area contributed by atoms with Crippen LogP contribution >= 0.6 is 0 Å². The number of piperidine rings is 1. The van der Waals surface area contributed by atoms with Crippen molar-refractivity contribution in [3.63, 3.8) is 0 Å². The van der Waals surface area contributed by atoms with Crippen LogP contribution in [0, 0.1) is 0 Å². The summed E-state index contributed by atoms with van der Waals surface area (Å²) in [6.45, 7) is 3.22. The van der Waals surface area contributed by atoms with Gasteiger partial charge in [-0.25, -0.2) is 9.97 Å². The van der Waals surface area contributed by atoms with E-state index in [0.29, 0.717) is 0 Å². The van der Waals surface area contributed by atoms with Crippen LogP contribution < -0.4 is 0 Å². The normalized spacial score (nSPS) is 18.5. The summed E-state index contributed by atoms with van der Waals surface area (Å²) < 4.78 is 0. The van der Waals surface area contributed by atoms with E-state index in [1.807, 2.05) is 23.2 Å². The van der Waals surface area contributed by atoms with Crippen molar-refractivity contribution in [1.29, 1.82) is 0 Å². The van der Waals surface area contributed by atoms with Crippen molar-refractivity contribution >= 4 is 5.91 Å². The van der Waals surface area contributed by atoms with Gasteiger partial charge in [0.2, 0.25) is 5.91 Å². The third-order valence-corrected chi connectivity index (χ3v) is 3.99. The molecule has 2 aromatic heterocycles. The van der Waals surface area contributed by atoms with Crippen LogP contribution in [0.4, 0.5) is 0 Å². The molecular weight excluding hydrogens is 264 g/mol. The molecule has 108 valence electrons. The van der Waals surface area contributed by atoms with E-state index in [0.717, 1.165) is 42.8 Å². The lowest BCUT2D eigenvalue weighted by Crippen LogP contribution is -2.38. The maximum absolute atomic E-state index is 11.6. The maximum atomic E-state index is 11.6. The molecule has 1 fully saturated rings. The average molecular weight is 282 g/mol.